The molecule has 1 aliphatic carbocycles. The van der Waals surface area contributed by atoms with Crippen molar-refractivity contribution in [2.24, 2.45) is 11.8 Å². The Morgan fingerprint density at radius 2 is 1.83 bits per heavy atom. The Morgan fingerprint density at radius 3 is 2.33 bits per heavy atom. The van der Waals surface area contributed by atoms with Crippen LogP contribution in [0.3, 0.4) is 0 Å². The van der Waals surface area contributed by atoms with Gasteiger partial charge in [-0.3, -0.25) is 0 Å². The normalized spacial score (nSPS) is 19.9. The average Bonchev–Trinajstić information content (AvgIpc) is 2.05. The summed E-state index contributed by atoms with van der Waals surface area (Å²) in [6.07, 6.45) is 7.68. The summed E-state index contributed by atoms with van der Waals surface area (Å²) in [4.78, 5) is 0. The fourth-order valence-corrected chi connectivity index (χ4v) is 2.06. The predicted octanol–water partition coefficient (Wildman–Crippen LogP) is 3.63. The largest absolute Gasteiger partial charge is 0.309 e. The molecule has 0 amide bonds. The fraction of sp³-hybridized carbons (Fsp3) is 0.909. The summed E-state index contributed by atoms with van der Waals surface area (Å²) in [5.41, 5.74) is 1.02. The van der Waals surface area contributed by atoms with Gasteiger partial charge in [0.25, 0.3) is 0 Å². The number of rotatable bonds is 3. The van der Waals surface area contributed by atoms with E-state index in [0.29, 0.717) is 11.8 Å². The van der Waals surface area contributed by atoms with Gasteiger partial charge >= 0.3 is 0 Å². The van der Waals surface area contributed by atoms with E-state index in [-0.39, 0.29) is 0 Å². The molecule has 12 heavy (non-hydrogen) atoms. The maximum absolute atomic E-state index is 7.91. The second-order valence-electron chi connectivity index (χ2n) is 4.46. The molecule has 1 aliphatic rings. The zero-order valence-corrected chi connectivity index (χ0v) is 8.40. The van der Waals surface area contributed by atoms with Crippen LogP contribution in [0.2, 0.25) is 0 Å². The molecule has 0 aliphatic heterocycles. The molecule has 1 heteroatoms. The average molecular weight is 167 g/mol. The molecule has 70 valence electrons. The zero-order chi connectivity index (χ0) is 8.97. The lowest BCUT2D eigenvalue weighted by Gasteiger charge is -2.23. The summed E-state index contributed by atoms with van der Waals surface area (Å²) in [6, 6.07) is 0. The minimum absolute atomic E-state index is 0.640. The van der Waals surface area contributed by atoms with Gasteiger partial charge in [-0.05, 0) is 31.1 Å². The van der Waals surface area contributed by atoms with Gasteiger partial charge in [0.15, 0.2) is 0 Å². The van der Waals surface area contributed by atoms with Crippen molar-refractivity contribution in [3.8, 4) is 0 Å². The SMILES string of the molecule is CC(C)CC(=N)C1CCCCC1. The Balaban J connectivity index is 2.30. The van der Waals surface area contributed by atoms with Gasteiger partial charge < -0.3 is 5.41 Å². The van der Waals surface area contributed by atoms with Gasteiger partial charge in [-0.15, -0.1) is 0 Å². The van der Waals surface area contributed by atoms with Crippen molar-refractivity contribution < 1.29 is 0 Å². The molecular formula is C11H21N. The fourth-order valence-electron chi connectivity index (χ4n) is 2.06. The van der Waals surface area contributed by atoms with Gasteiger partial charge in [-0.25, -0.2) is 0 Å². The molecule has 1 N–H and O–H groups in total. The van der Waals surface area contributed by atoms with Crippen molar-refractivity contribution in [3.63, 3.8) is 0 Å². The molecule has 0 aromatic rings. The minimum atomic E-state index is 0.640. The van der Waals surface area contributed by atoms with E-state index in [1.807, 2.05) is 0 Å². The van der Waals surface area contributed by atoms with E-state index in [4.69, 9.17) is 5.41 Å². The molecule has 0 atom stereocenters. The molecular weight excluding hydrogens is 146 g/mol. The lowest BCUT2D eigenvalue weighted by molar-refractivity contribution is 0.429. The second-order valence-corrected chi connectivity index (χ2v) is 4.46. The zero-order valence-electron chi connectivity index (χ0n) is 8.40. The van der Waals surface area contributed by atoms with Crippen LogP contribution in [0.15, 0.2) is 0 Å². The van der Waals surface area contributed by atoms with Crippen LogP contribution in [0.1, 0.15) is 52.4 Å². The van der Waals surface area contributed by atoms with Gasteiger partial charge in [-0.2, -0.15) is 0 Å². The Kier molecular flexibility index (Phi) is 3.77. The van der Waals surface area contributed by atoms with Gasteiger partial charge in [0.05, 0.1) is 0 Å². The Hall–Kier alpha value is -0.330. The van der Waals surface area contributed by atoms with Gasteiger partial charge in [0.1, 0.15) is 0 Å². The van der Waals surface area contributed by atoms with Crippen molar-refractivity contribution >= 4 is 5.71 Å². The van der Waals surface area contributed by atoms with Crippen LogP contribution in [-0.2, 0) is 0 Å². The monoisotopic (exact) mass is 167 g/mol. The van der Waals surface area contributed by atoms with Crippen LogP contribution in [0.25, 0.3) is 0 Å². The highest BCUT2D eigenvalue weighted by molar-refractivity contribution is 5.83. The van der Waals surface area contributed by atoms with E-state index in [9.17, 15) is 0 Å². The smallest absolute Gasteiger partial charge is 0.0123 e. The van der Waals surface area contributed by atoms with Crippen LogP contribution >= 0.6 is 0 Å². The first-order valence-corrected chi connectivity index (χ1v) is 5.27. The van der Waals surface area contributed by atoms with Crippen LogP contribution in [0.5, 0.6) is 0 Å². The van der Waals surface area contributed by atoms with E-state index in [0.717, 1.165) is 12.1 Å². The van der Waals surface area contributed by atoms with Crippen molar-refractivity contribution in [1.29, 1.82) is 5.41 Å². The molecule has 1 rings (SSSR count). The van der Waals surface area contributed by atoms with Crippen molar-refractivity contribution in [1.82, 2.24) is 0 Å². The Bertz CT molecular complexity index is 143. The second kappa shape index (κ2) is 4.64. The molecule has 1 saturated carbocycles. The van der Waals surface area contributed by atoms with E-state index in [1.54, 1.807) is 0 Å². The third-order valence-corrected chi connectivity index (χ3v) is 2.73. The van der Waals surface area contributed by atoms with Gasteiger partial charge in [0, 0.05) is 5.71 Å². The van der Waals surface area contributed by atoms with E-state index >= 15 is 0 Å². The molecule has 0 bridgehead atoms. The van der Waals surface area contributed by atoms with Gasteiger partial charge in [-0.1, -0.05) is 33.1 Å². The maximum atomic E-state index is 7.91. The van der Waals surface area contributed by atoms with Crippen molar-refractivity contribution in [2.45, 2.75) is 52.4 Å². The first-order valence-electron chi connectivity index (χ1n) is 5.27. The van der Waals surface area contributed by atoms with Crippen molar-refractivity contribution in [3.05, 3.63) is 0 Å². The molecule has 0 aromatic heterocycles. The van der Waals surface area contributed by atoms with Crippen LogP contribution in [0, 0.1) is 17.2 Å². The third-order valence-electron chi connectivity index (χ3n) is 2.73. The first kappa shape index (κ1) is 9.76. The van der Waals surface area contributed by atoms with E-state index < -0.39 is 0 Å². The summed E-state index contributed by atoms with van der Waals surface area (Å²) in [5, 5.41) is 7.91. The maximum Gasteiger partial charge on any atom is 0.0123 e. The summed E-state index contributed by atoms with van der Waals surface area (Å²) >= 11 is 0. The third kappa shape index (κ3) is 2.96. The Labute approximate surface area is 76.1 Å². The molecule has 0 unspecified atom stereocenters. The van der Waals surface area contributed by atoms with Gasteiger partial charge in [0.2, 0.25) is 0 Å². The highest BCUT2D eigenvalue weighted by Crippen LogP contribution is 2.26. The molecule has 0 radical (unpaired) electrons. The van der Waals surface area contributed by atoms with Crippen LogP contribution in [-0.4, -0.2) is 5.71 Å². The predicted molar refractivity (Wildman–Crippen MR) is 53.8 cm³/mol. The summed E-state index contributed by atoms with van der Waals surface area (Å²) in [7, 11) is 0. The Morgan fingerprint density at radius 1 is 1.25 bits per heavy atom. The summed E-state index contributed by atoms with van der Waals surface area (Å²) in [5.74, 6) is 1.31. The number of nitrogens with one attached hydrogen (secondary N) is 1. The summed E-state index contributed by atoms with van der Waals surface area (Å²) < 4.78 is 0. The molecule has 1 fully saturated rings. The molecule has 0 spiro atoms. The molecule has 0 heterocycles. The first-order chi connectivity index (χ1) is 5.70. The topological polar surface area (TPSA) is 23.9 Å². The summed E-state index contributed by atoms with van der Waals surface area (Å²) in [6.45, 7) is 4.41. The van der Waals surface area contributed by atoms with Crippen LogP contribution < -0.4 is 0 Å². The lowest BCUT2D eigenvalue weighted by atomic mass is 9.83. The van der Waals surface area contributed by atoms with E-state index in [2.05, 4.69) is 13.8 Å². The lowest BCUT2D eigenvalue weighted by Crippen LogP contribution is -2.18. The molecule has 0 saturated heterocycles. The quantitative estimate of drug-likeness (QED) is 0.621. The van der Waals surface area contributed by atoms with Crippen LogP contribution in [0.4, 0.5) is 0 Å². The van der Waals surface area contributed by atoms with E-state index in [1.165, 1.54) is 32.1 Å². The number of hydrogen-bond acceptors (Lipinski definition) is 1. The highest BCUT2D eigenvalue weighted by Gasteiger charge is 2.18. The molecule has 1 nitrogen and oxygen atoms in total. The van der Waals surface area contributed by atoms with Crippen molar-refractivity contribution in [2.75, 3.05) is 0 Å². The minimum Gasteiger partial charge on any atom is -0.309 e. The highest BCUT2D eigenvalue weighted by atomic mass is 14.5. The standard InChI is InChI=1S/C11H21N/c1-9(2)8-11(12)10-6-4-3-5-7-10/h9-10,12H,3-8H2,1-2H3. The molecule has 0 aromatic carbocycles. The number of hydrogen-bond donors (Lipinski definition) is 1.